The minimum atomic E-state index is -0.0566. The van der Waals surface area contributed by atoms with Gasteiger partial charge in [-0.15, -0.1) is 0 Å². The Kier molecular flexibility index (Phi) is 3.18. The van der Waals surface area contributed by atoms with E-state index < -0.39 is 0 Å². The van der Waals surface area contributed by atoms with Crippen LogP contribution in [-0.4, -0.2) is 5.60 Å². The van der Waals surface area contributed by atoms with Crippen molar-refractivity contribution in [3.63, 3.8) is 0 Å². The Bertz CT molecular complexity index is 213. The molecule has 0 aromatic heterocycles. The second-order valence-corrected chi connectivity index (χ2v) is 4.41. The van der Waals surface area contributed by atoms with Crippen LogP contribution in [0.1, 0.15) is 40.0 Å². The van der Waals surface area contributed by atoms with Crippen LogP contribution < -0.4 is 0 Å². The molecule has 1 atom stereocenters. The highest BCUT2D eigenvalue weighted by atomic mass is 16.5. The Balaban J connectivity index is 2.58. The average Bonchev–Trinajstić information content (AvgIpc) is 2.05. The molecule has 0 spiro atoms. The standard InChI is InChI=1S/C12H20O/c1-5-13-12(3,4)11-8-6-10(2)7-9-11/h5-6,11H,1,7-9H2,2-4H3. The number of ether oxygens (including phenoxy) is 1. The molecule has 1 unspecified atom stereocenters. The second-order valence-electron chi connectivity index (χ2n) is 4.41. The highest BCUT2D eigenvalue weighted by molar-refractivity contribution is 5.05. The molecule has 0 saturated carbocycles. The Morgan fingerprint density at radius 3 is 2.77 bits per heavy atom. The van der Waals surface area contributed by atoms with Crippen LogP contribution in [0.5, 0.6) is 0 Å². The van der Waals surface area contributed by atoms with E-state index in [0.717, 1.165) is 6.42 Å². The summed E-state index contributed by atoms with van der Waals surface area (Å²) in [5.74, 6) is 0.634. The number of allylic oxidation sites excluding steroid dienone is 2. The molecule has 1 nitrogen and oxygen atoms in total. The summed E-state index contributed by atoms with van der Waals surface area (Å²) in [5, 5.41) is 0. The largest absolute Gasteiger partial charge is 0.496 e. The van der Waals surface area contributed by atoms with Crippen LogP contribution >= 0.6 is 0 Å². The lowest BCUT2D eigenvalue weighted by Gasteiger charge is -2.35. The lowest BCUT2D eigenvalue weighted by Crippen LogP contribution is -2.33. The molecule has 1 rings (SSSR count). The molecule has 0 bridgehead atoms. The van der Waals surface area contributed by atoms with Crippen molar-refractivity contribution in [3.8, 4) is 0 Å². The highest BCUT2D eigenvalue weighted by Crippen LogP contribution is 2.33. The van der Waals surface area contributed by atoms with Crippen molar-refractivity contribution in [2.45, 2.75) is 45.6 Å². The van der Waals surface area contributed by atoms with Crippen molar-refractivity contribution in [1.29, 1.82) is 0 Å². The monoisotopic (exact) mass is 180 g/mol. The van der Waals surface area contributed by atoms with Gasteiger partial charge >= 0.3 is 0 Å². The first kappa shape index (κ1) is 10.4. The molecule has 13 heavy (non-hydrogen) atoms. The fraction of sp³-hybridized carbons (Fsp3) is 0.667. The van der Waals surface area contributed by atoms with Crippen LogP contribution in [0.3, 0.4) is 0 Å². The summed E-state index contributed by atoms with van der Waals surface area (Å²) < 4.78 is 5.54. The molecular weight excluding hydrogens is 160 g/mol. The molecule has 0 N–H and O–H groups in total. The SMILES string of the molecule is C=COC(C)(C)C1CC=C(C)CC1. The molecule has 0 heterocycles. The molecule has 1 aliphatic carbocycles. The van der Waals surface area contributed by atoms with Crippen LogP contribution in [0.25, 0.3) is 0 Å². The predicted octanol–water partition coefficient (Wildman–Crippen LogP) is 3.67. The Morgan fingerprint density at radius 1 is 1.62 bits per heavy atom. The minimum Gasteiger partial charge on any atom is -0.496 e. The minimum absolute atomic E-state index is 0.0566. The van der Waals surface area contributed by atoms with Gasteiger partial charge < -0.3 is 4.74 Å². The quantitative estimate of drug-likeness (QED) is 0.475. The summed E-state index contributed by atoms with van der Waals surface area (Å²) in [6, 6.07) is 0. The summed E-state index contributed by atoms with van der Waals surface area (Å²) in [5.41, 5.74) is 1.46. The topological polar surface area (TPSA) is 9.23 Å². The molecule has 0 fully saturated rings. The van der Waals surface area contributed by atoms with Crippen LogP contribution in [0, 0.1) is 5.92 Å². The third-order valence-electron chi connectivity index (χ3n) is 3.01. The fourth-order valence-corrected chi connectivity index (χ4v) is 1.91. The van der Waals surface area contributed by atoms with E-state index in [1.807, 2.05) is 0 Å². The van der Waals surface area contributed by atoms with Crippen LogP contribution in [0.15, 0.2) is 24.5 Å². The summed E-state index contributed by atoms with van der Waals surface area (Å²) in [7, 11) is 0. The third-order valence-corrected chi connectivity index (χ3v) is 3.01. The van der Waals surface area contributed by atoms with Gasteiger partial charge in [0.25, 0.3) is 0 Å². The van der Waals surface area contributed by atoms with Crippen molar-refractivity contribution in [2.24, 2.45) is 5.92 Å². The number of rotatable bonds is 3. The summed E-state index contributed by atoms with van der Waals surface area (Å²) >= 11 is 0. The molecule has 0 saturated heterocycles. The van der Waals surface area contributed by atoms with Crippen molar-refractivity contribution in [3.05, 3.63) is 24.5 Å². The van der Waals surface area contributed by atoms with E-state index in [0.29, 0.717) is 5.92 Å². The lowest BCUT2D eigenvalue weighted by atomic mass is 9.80. The average molecular weight is 180 g/mol. The normalized spacial score (nSPS) is 23.6. The van der Waals surface area contributed by atoms with E-state index in [2.05, 4.69) is 33.4 Å². The lowest BCUT2D eigenvalue weighted by molar-refractivity contribution is -0.00256. The highest BCUT2D eigenvalue weighted by Gasteiger charge is 2.30. The van der Waals surface area contributed by atoms with Crippen molar-refractivity contribution in [2.75, 3.05) is 0 Å². The summed E-state index contributed by atoms with van der Waals surface area (Å²) in [4.78, 5) is 0. The van der Waals surface area contributed by atoms with Gasteiger partial charge in [-0.3, -0.25) is 0 Å². The Morgan fingerprint density at radius 2 is 2.31 bits per heavy atom. The molecule has 0 radical (unpaired) electrons. The summed E-state index contributed by atoms with van der Waals surface area (Å²) in [6.45, 7) is 10.1. The van der Waals surface area contributed by atoms with Crippen molar-refractivity contribution in [1.82, 2.24) is 0 Å². The zero-order valence-corrected chi connectivity index (χ0v) is 8.97. The van der Waals surface area contributed by atoms with E-state index in [-0.39, 0.29) is 5.60 Å². The van der Waals surface area contributed by atoms with Gasteiger partial charge in [0.1, 0.15) is 5.60 Å². The second kappa shape index (κ2) is 3.99. The van der Waals surface area contributed by atoms with Gasteiger partial charge in [-0.25, -0.2) is 0 Å². The first-order valence-corrected chi connectivity index (χ1v) is 5.00. The van der Waals surface area contributed by atoms with Gasteiger partial charge in [-0.2, -0.15) is 0 Å². The Labute approximate surface area is 81.5 Å². The van der Waals surface area contributed by atoms with Gasteiger partial charge in [0.05, 0.1) is 6.26 Å². The zero-order valence-electron chi connectivity index (χ0n) is 8.97. The maximum atomic E-state index is 5.54. The smallest absolute Gasteiger partial charge is 0.106 e. The molecule has 74 valence electrons. The van der Waals surface area contributed by atoms with Crippen molar-refractivity contribution < 1.29 is 4.74 Å². The first-order chi connectivity index (χ1) is 6.06. The molecule has 0 amide bonds. The maximum absolute atomic E-state index is 5.54. The molecular formula is C12H20O. The van der Waals surface area contributed by atoms with E-state index in [4.69, 9.17) is 4.74 Å². The van der Waals surface area contributed by atoms with Gasteiger partial charge in [0.15, 0.2) is 0 Å². The number of hydrogen-bond donors (Lipinski definition) is 0. The Hall–Kier alpha value is -0.720. The maximum Gasteiger partial charge on any atom is 0.106 e. The van der Waals surface area contributed by atoms with Crippen LogP contribution in [0.2, 0.25) is 0 Å². The van der Waals surface area contributed by atoms with E-state index in [9.17, 15) is 0 Å². The first-order valence-electron chi connectivity index (χ1n) is 5.00. The van der Waals surface area contributed by atoms with E-state index >= 15 is 0 Å². The predicted molar refractivity (Wildman–Crippen MR) is 56.5 cm³/mol. The van der Waals surface area contributed by atoms with Crippen LogP contribution in [0.4, 0.5) is 0 Å². The van der Waals surface area contributed by atoms with Gasteiger partial charge in [0, 0.05) is 5.92 Å². The van der Waals surface area contributed by atoms with Gasteiger partial charge in [0.2, 0.25) is 0 Å². The number of hydrogen-bond acceptors (Lipinski definition) is 1. The van der Waals surface area contributed by atoms with E-state index in [1.54, 1.807) is 6.26 Å². The zero-order chi connectivity index (χ0) is 9.90. The van der Waals surface area contributed by atoms with Crippen LogP contribution in [-0.2, 0) is 4.74 Å². The molecule has 0 aromatic carbocycles. The molecule has 0 aliphatic heterocycles. The molecule has 1 heteroatoms. The summed E-state index contributed by atoms with van der Waals surface area (Å²) in [6.07, 6.45) is 7.50. The van der Waals surface area contributed by atoms with Crippen molar-refractivity contribution >= 4 is 0 Å². The van der Waals surface area contributed by atoms with Gasteiger partial charge in [-0.05, 0) is 40.0 Å². The fourth-order valence-electron chi connectivity index (χ4n) is 1.91. The van der Waals surface area contributed by atoms with E-state index in [1.165, 1.54) is 18.4 Å². The molecule has 0 aromatic rings. The third kappa shape index (κ3) is 2.61. The van der Waals surface area contributed by atoms with Gasteiger partial charge in [-0.1, -0.05) is 18.2 Å². The molecule has 1 aliphatic rings.